The van der Waals surface area contributed by atoms with E-state index < -0.39 is 0 Å². The van der Waals surface area contributed by atoms with Crippen LogP contribution in [0.1, 0.15) is 24.2 Å². The van der Waals surface area contributed by atoms with Crippen LogP contribution in [-0.2, 0) is 11.2 Å². The van der Waals surface area contributed by atoms with Gasteiger partial charge in [-0.3, -0.25) is 4.79 Å². The second-order valence-corrected chi connectivity index (χ2v) is 6.86. The monoisotopic (exact) mass is 368 g/mol. The smallest absolute Gasteiger partial charge is 0.224 e. The number of carbonyl (C=O) groups excluding carboxylic acids is 1. The summed E-state index contributed by atoms with van der Waals surface area (Å²) in [5.74, 6) is 1.25. The lowest BCUT2D eigenvalue weighted by Crippen LogP contribution is -2.48. The molecule has 0 radical (unpaired) electrons. The SMILES string of the molecule is Cc1nnc2ccc(N3CCCC(NC(=O)Cc4ccc(F)cc4)C3)nn12. The quantitative estimate of drug-likeness (QED) is 0.761. The lowest BCUT2D eigenvalue weighted by atomic mass is 10.0. The molecule has 1 aromatic carbocycles. The van der Waals surface area contributed by atoms with Gasteiger partial charge in [-0.05, 0) is 49.6 Å². The molecule has 0 bridgehead atoms. The molecule has 3 aromatic rings. The molecule has 3 heterocycles. The van der Waals surface area contributed by atoms with E-state index in [1.165, 1.54) is 12.1 Å². The molecule has 2 aromatic heterocycles. The van der Waals surface area contributed by atoms with Crippen LogP contribution in [0.25, 0.3) is 5.65 Å². The largest absolute Gasteiger partial charge is 0.353 e. The van der Waals surface area contributed by atoms with Gasteiger partial charge in [0.1, 0.15) is 11.6 Å². The summed E-state index contributed by atoms with van der Waals surface area (Å²) in [7, 11) is 0. The lowest BCUT2D eigenvalue weighted by Gasteiger charge is -2.33. The van der Waals surface area contributed by atoms with Crippen molar-refractivity contribution < 1.29 is 9.18 Å². The molecule has 0 aliphatic carbocycles. The molecule has 1 amide bonds. The topological polar surface area (TPSA) is 75.4 Å². The second kappa shape index (κ2) is 7.30. The minimum atomic E-state index is -0.296. The highest BCUT2D eigenvalue weighted by molar-refractivity contribution is 5.79. The van der Waals surface area contributed by atoms with E-state index in [0.717, 1.165) is 42.2 Å². The van der Waals surface area contributed by atoms with E-state index in [1.807, 2.05) is 19.1 Å². The maximum absolute atomic E-state index is 13.0. The van der Waals surface area contributed by atoms with Gasteiger partial charge in [-0.2, -0.15) is 4.52 Å². The van der Waals surface area contributed by atoms with Gasteiger partial charge in [0.25, 0.3) is 0 Å². The van der Waals surface area contributed by atoms with Gasteiger partial charge in [0.2, 0.25) is 5.91 Å². The predicted octanol–water partition coefficient (Wildman–Crippen LogP) is 1.90. The highest BCUT2D eigenvalue weighted by Crippen LogP contribution is 2.18. The summed E-state index contributed by atoms with van der Waals surface area (Å²) in [6.45, 7) is 3.46. The number of anilines is 1. The lowest BCUT2D eigenvalue weighted by molar-refractivity contribution is -0.121. The molecule has 4 rings (SSSR count). The first-order chi connectivity index (χ1) is 13.1. The average Bonchev–Trinajstić information content (AvgIpc) is 3.04. The number of piperidine rings is 1. The summed E-state index contributed by atoms with van der Waals surface area (Å²) in [5.41, 5.74) is 1.52. The van der Waals surface area contributed by atoms with Crippen LogP contribution in [0.5, 0.6) is 0 Å². The van der Waals surface area contributed by atoms with Crippen LogP contribution in [0.3, 0.4) is 0 Å². The Kier molecular flexibility index (Phi) is 4.70. The van der Waals surface area contributed by atoms with Crippen LogP contribution in [0.4, 0.5) is 10.2 Å². The molecule has 1 fully saturated rings. The summed E-state index contributed by atoms with van der Waals surface area (Å²) in [6.07, 6.45) is 2.16. The minimum Gasteiger partial charge on any atom is -0.353 e. The van der Waals surface area contributed by atoms with E-state index in [-0.39, 0.29) is 24.2 Å². The third kappa shape index (κ3) is 3.89. The number of nitrogens with zero attached hydrogens (tertiary/aromatic N) is 5. The zero-order chi connectivity index (χ0) is 18.8. The number of aryl methyl sites for hydroxylation is 1. The first kappa shape index (κ1) is 17.4. The van der Waals surface area contributed by atoms with Crippen molar-refractivity contribution in [3.05, 3.63) is 53.6 Å². The predicted molar refractivity (Wildman–Crippen MR) is 99.0 cm³/mol. The van der Waals surface area contributed by atoms with Crippen molar-refractivity contribution in [3.63, 3.8) is 0 Å². The molecule has 27 heavy (non-hydrogen) atoms. The third-order valence-corrected chi connectivity index (χ3v) is 4.79. The standard InChI is InChI=1S/C19H21FN6O/c1-13-22-23-17-8-9-18(24-26(13)17)25-10-2-3-16(12-25)21-19(27)11-14-4-6-15(20)7-5-14/h4-9,16H,2-3,10-12H2,1H3,(H,21,27). The molecule has 1 aliphatic rings. The van der Waals surface area contributed by atoms with Crippen molar-refractivity contribution in [2.24, 2.45) is 0 Å². The van der Waals surface area contributed by atoms with Crippen LogP contribution >= 0.6 is 0 Å². The summed E-state index contributed by atoms with van der Waals surface area (Å²) in [5, 5.41) is 15.8. The number of amides is 1. The molecule has 1 unspecified atom stereocenters. The van der Waals surface area contributed by atoms with Crippen LogP contribution < -0.4 is 10.2 Å². The Balaban J connectivity index is 1.40. The Labute approximate surface area is 156 Å². The number of hydrogen-bond acceptors (Lipinski definition) is 5. The Morgan fingerprint density at radius 2 is 2.04 bits per heavy atom. The fraction of sp³-hybridized carbons (Fsp3) is 0.368. The fourth-order valence-electron chi connectivity index (χ4n) is 3.42. The van der Waals surface area contributed by atoms with Crippen LogP contribution in [0, 0.1) is 12.7 Å². The number of hydrogen-bond donors (Lipinski definition) is 1. The van der Waals surface area contributed by atoms with Gasteiger partial charge in [0, 0.05) is 19.1 Å². The van der Waals surface area contributed by atoms with Gasteiger partial charge in [0.05, 0.1) is 6.42 Å². The number of benzene rings is 1. The van der Waals surface area contributed by atoms with E-state index in [9.17, 15) is 9.18 Å². The van der Waals surface area contributed by atoms with E-state index >= 15 is 0 Å². The fourth-order valence-corrected chi connectivity index (χ4v) is 3.42. The molecule has 7 nitrogen and oxygen atoms in total. The number of fused-ring (bicyclic) bond motifs is 1. The molecule has 0 saturated carbocycles. The normalized spacial score (nSPS) is 17.3. The molecule has 8 heteroatoms. The molecule has 1 saturated heterocycles. The Morgan fingerprint density at radius 1 is 1.22 bits per heavy atom. The molecular formula is C19H21FN6O. The van der Waals surface area contributed by atoms with Gasteiger partial charge in [-0.15, -0.1) is 15.3 Å². The summed E-state index contributed by atoms with van der Waals surface area (Å²) in [4.78, 5) is 14.5. The van der Waals surface area contributed by atoms with Gasteiger partial charge in [-0.1, -0.05) is 12.1 Å². The zero-order valence-electron chi connectivity index (χ0n) is 15.1. The number of nitrogens with one attached hydrogen (secondary N) is 1. The maximum atomic E-state index is 13.0. The third-order valence-electron chi connectivity index (χ3n) is 4.79. The second-order valence-electron chi connectivity index (χ2n) is 6.86. The minimum absolute atomic E-state index is 0.0495. The molecule has 1 aliphatic heterocycles. The van der Waals surface area contributed by atoms with Gasteiger partial charge >= 0.3 is 0 Å². The van der Waals surface area contributed by atoms with Gasteiger partial charge in [0.15, 0.2) is 11.5 Å². The Bertz CT molecular complexity index is 954. The van der Waals surface area contributed by atoms with Gasteiger partial charge in [-0.25, -0.2) is 4.39 Å². The highest BCUT2D eigenvalue weighted by atomic mass is 19.1. The van der Waals surface area contributed by atoms with Crippen LogP contribution in [-0.4, -0.2) is 44.8 Å². The Morgan fingerprint density at radius 3 is 2.85 bits per heavy atom. The van der Waals surface area contributed by atoms with E-state index in [0.29, 0.717) is 6.54 Å². The van der Waals surface area contributed by atoms with Crippen molar-refractivity contribution in [2.75, 3.05) is 18.0 Å². The van der Waals surface area contributed by atoms with Gasteiger partial charge < -0.3 is 10.2 Å². The highest BCUT2D eigenvalue weighted by Gasteiger charge is 2.23. The van der Waals surface area contributed by atoms with Crippen molar-refractivity contribution in [3.8, 4) is 0 Å². The van der Waals surface area contributed by atoms with Crippen molar-refractivity contribution in [1.82, 2.24) is 25.1 Å². The van der Waals surface area contributed by atoms with Crippen LogP contribution in [0.15, 0.2) is 36.4 Å². The number of rotatable bonds is 4. The van der Waals surface area contributed by atoms with Crippen molar-refractivity contribution in [1.29, 1.82) is 0 Å². The number of halogens is 1. The van der Waals surface area contributed by atoms with Crippen molar-refractivity contribution >= 4 is 17.4 Å². The molecule has 0 spiro atoms. The first-order valence-corrected chi connectivity index (χ1v) is 9.06. The molecule has 1 atom stereocenters. The molecular weight excluding hydrogens is 347 g/mol. The zero-order valence-corrected chi connectivity index (χ0v) is 15.1. The molecule has 1 N–H and O–H groups in total. The van der Waals surface area contributed by atoms with E-state index in [2.05, 4.69) is 25.5 Å². The summed E-state index contributed by atoms with van der Waals surface area (Å²) < 4.78 is 14.7. The first-order valence-electron chi connectivity index (χ1n) is 9.06. The molecule has 140 valence electrons. The van der Waals surface area contributed by atoms with E-state index in [4.69, 9.17) is 0 Å². The van der Waals surface area contributed by atoms with Crippen molar-refractivity contribution in [2.45, 2.75) is 32.2 Å². The summed E-state index contributed by atoms with van der Waals surface area (Å²) in [6, 6.07) is 9.93. The average molecular weight is 368 g/mol. The number of carbonyl (C=O) groups is 1. The Hall–Kier alpha value is -3.03. The van der Waals surface area contributed by atoms with Crippen LogP contribution in [0.2, 0.25) is 0 Å². The summed E-state index contributed by atoms with van der Waals surface area (Å²) >= 11 is 0. The maximum Gasteiger partial charge on any atom is 0.224 e. The van der Waals surface area contributed by atoms with E-state index in [1.54, 1.807) is 16.6 Å². The number of aromatic nitrogens is 4.